The van der Waals surface area contributed by atoms with Crippen molar-refractivity contribution >= 4 is 12.1 Å². The molecule has 0 bridgehead atoms. The van der Waals surface area contributed by atoms with Crippen LogP contribution in [0.3, 0.4) is 0 Å². The van der Waals surface area contributed by atoms with Crippen LogP contribution in [-0.2, 0) is 9.59 Å². The van der Waals surface area contributed by atoms with Gasteiger partial charge in [-0.2, -0.15) is 0 Å². The molecule has 10 heavy (non-hydrogen) atoms. The third-order valence-corrected chi connectivity index (χ3v) is 2.01. The molecule has 0 aromatic carbocycles. The van der Waals surface area contributed by atoms with E-state index < -0.39 is 0 Å². The zero-order chi connectivity index (χ0) is 7.40. The number of hydrogen-bond acceptors (Lipinski definition) is 2. The van der Waals surface area contributed by atoms with E-state index >= 15 is 0 Å². The van der Waals surface area contributed by atoms with Gasteiger partial charge in [0.15, 0.2) is 0 Å². The SMILES string of the molecule is O=CC[C@@H]1CCCC(=O)C1. The summed E-state index contributed by atoms with van der Waals surface area (Å²) < 4.78 is 0. The van der Waals surface area contributed by atoms with Gasteiger partial charge in [0.05, 0.1) is 0 Å². The molecule has 0 heterocycles. The summed E-state index contributed by atoms with van der Waals surface area (Å²) in [6, 6.07) is 0. The Morgan fingerprint density at radius 1 is 1.60 bits per heavy atom. The van der Waals surface area contributed by atoms with Gasteiger partial charge in [-0.1, -0.05) is 0 Å². The lowest BCUT2D eigenvalue weighted by atomic mass is 9.87. The number of ketones is 1. The molecule has 2 nitrogen and oxygen atoms in total. The molecule has 1 aliphatic carbocycles. The number of rotatable bonds is 2. The van der Waals surface area contributed by atoms with Gasteiger partial charge in [-0.05, 0) is 18.8 Å². The molecule has 0 aliphatic heterocycles. The largest absolute Gasteiger partial charge is 0.303 e. The third kappa shape index (κ3) is 1.94. The second-order valence-electron chi connectivity index (χ2n) is 2.90. The van der Waals surface area contributed by atoms with Crippen molar-refractivity contribution in [2.45, 2.75) is 32.1 Å². The molecule has 0 N–H and O–H groups in total. The first kappa shape index (κ1) is 7.45. The summed E-state index contributed by atoms with van der Waals surface area (Å²) in [5, 5.41) is 0. The van der Waals surface area contributed by atoms with Crippen molar-refractivity contribution in [2.24, 2.45) is 5.92 Å². The highest BCUT2D eigenvalue weighted by atomic mass is 16.1. The lowest BCUT2D eigenvalue weighted by molar-refractivity contribution is -0.121. The maximum absolute atomic E-state index is 10.8. The topological polar surface area (TPSA) is 34.1 Å². The minimum Gasteiger partial charge on any atom is -0.303 e. The Balaban J connectivity index is 2.31. The summed E-state index contributed by atoms with van der Waals surface area (Å²) in [6.07, 6.45) is 4.91. The second kappa shape index (κ2) is 3.49. The van der Waals surface area contributed by atoms with E-state index in [0.717, 1.165) is 25.5 Å². The van der Waals surface area contributed by atoms with Gasteiger partial charge >= 0.3 is 0 Å². The molecule has 0 spiro atoms. The van der Waals surface area contributed by atoms with Crippen LogP contribution < -0.4 is 0 Å². The maximum Gasteiger partial charge on any atom is 0.133 e. The molecule has 0 radical (unpaired) electrons. The van der Waals surface area contributed by atoms with E-state index in [-0.39, 0.29) is 0 Å². The van der Waals surface area contributed by atoms with E-state index in [1.807, 2.05) is 0 Å². The summed E-state index contributed by atoms with van der Waals surface area (Å²) in [4.78, 5) is 20.9. The summed E-state index contributed by atoms with van der Waals surface area (Å²) in [7, 11) is 0. The van der Waals surface area contributed by atoms with E-state index in [1.54, 1.807) is 0 Å². The standard InChI is InChI=1S/C8H12O2/c9-5-4-7-2-1-3-8(10)6-7/h5,7H,1-4,6H2/t7-/m0/s1. The monoisotopic (exact) mass is 140 g/mol. The highest BCUT2D eigenvalue weighted by Gasteiger charge is 2.18. The highest BCUT2D eigenvalue weighted by molar-refractivity contribution is 5.79. The van der Waals surface area contributed by atoms with Crippen LogP contribution in [0.2, 0.25) is 0 Å². The fourth-order valence-corrected chi connectivity index (χ4v) is 1.45. The first-order chi connectivity index (χ1) is 4.83. The van der Waals surface area contributed by atoms with Crippen LogP contribution in [0.1, 0.15) is 32.1 Å². The van der Waals surface area contributed by atoms with Gasteiger partial charge in [0.2, 0.25) is 0 Å². The average molecular weight is 140 g/mol. The smallest absolute Gasteiger partial charge is 0.133 e. The van der Waals surface area contributed by atoms with Gasteiger partial charge in [-0.3, -0.25) is 4.79 Å². The zero-order valence-electron chi connectivity index (χ0n) is 6.01. The van der Waals surface area contributed by atoms with E-state index in [9.17, 15) is 9.59 Å². The van der Waals surface area contributed by atoms with Crippen molar-refractivity contribution in [3.8, 4) is 0 Å². The summed E-state index contributed by atoms with van der Waals surface area (Å²) in [5.41, 5.74) is 0. The zero-order valence-corrected chi connectivity index (χ0v) is 6.01. The highest BCUT2D eigenvalue weighted by Crippen LogP contribution is 2.22. The summed E-state index contributed by atoms with van der Waals surface area (Å²) in [5.74, 6) is 0.692. The van der Waals surface area contributed by atoms with Crippen LogP contribution in [-0.4, -0.2) is 12.1 Å². The molecule has 1 fully saturated rings. The first-order valence-corrected chi connectivity index (χ1v) is 3.78. The van der Waals surface area contributed by atoms with Crippen molar-refractivity contribution < 1.29 is 9.59 Å². The van der Waals surface area contributed by atoms with Crippen LogP contribution in [0.4, 0.5) is 0 Å². The molecule has 0 aromatic heterocycles. The number of carbonyl (C=O) groups excluding carboxylic acids is 2. The average Bonchev–Trinajstić information content (AvgIpc) is 1.88. The van der Waals surface area contributed by atoms with Crippen molar-refractivity contribution in [2.75, 3.05) is 0 Å². The predicted molar refractivity (Wildman–Crippen MR) is 37.6 cm³/mol. The fraction of sp³-hybridized carbons (Fsp3) is 0.750. The molecule has 1 saturated carbocycles. The van der Waals surface area contributed by atoms with Crippen molar-refractivity contribution in [1.82, 2.24) is 0 Å². The van der Waals surface area contributed by atoms with Crippen LogP contribution in [0.15, 0.2) is 0 Å². The van der Waals surface area contributed by atoms with Gasteiger partial charge in [-0.25, -0.2) is 0 Å². The Morgan fingerprint density at radius 3 is 3.00 bits per heavy atom. The first-order valence-electron chi connectivity index (χ1n) is 3.78. The minimum atomic E-state index is 0.332. The number of aldehydes is 1. The molecule has 2 heteroatoms. The van der Waals surface area contributed by atoms with E-state index in [0.29, 0.717) is 24.5 Å². The summed E-state index contributed by atoms with van der Waals surface area (Å²) in [6.45, 7) is 0. The van der Waals surface area contributed by atoms with Crippen LogP contribution in [0.25, 0.3) is 0 Å². The van der Waals surface area contributed by atoms with Crippen molar-refractivity contribution in [1.29, 1.82) is 0 Å². The Morgan fingerprint density at radius 2 is 2.40 bits per heavy atom. The van der Waals surface area contributed by atoms with Crippen molar-refractivity contribution in [3.05, 3.63) is 0 Å². The van der Waals surface area contributed by atoms with Gasteiger partial charge in [0.1, 0.15) is 12.1 Å². The molecule has 1 rings (SSSR count). The lowest BCUT2D eigenvalue weighted by Gasteiger charge is -2.17. The lowest BCUT2D eigenvalue weighted by Crippen LogP contribution is -2.14. The summed E-state index contributed by atoms with van der Waals surface area (Å²) >= 11 is 0. The second-order valence-corrected chi connectivity index (χ2v) is 2.90. The Bertz CT molecular complexity index is 140. The molecule has 1 atom stereocenters. The quantitative estimate of drug-likeness (QED) is 0.542. The normalized spacial score (nSPS) is 26.4. The third-order valence-electron chi connectivity index (χ3n) is 2.01. The Kier molecular flexibility index (Phi) is 2.60. The Hall–Kier alpha value is -0.660. The molecule has 1 aliphatic rings. The molecular weight excluding hydrogens is 128 g/mol. The van der Waals surface area contributed by atoms with Gasteiger partial charge < -0.3 is 4.79 Å². The Labute approximate surface area is 60.6 Å². The predicted octanol–water partition coefficient (Wildman–Crippen LogP) is 1.33. The maximum atomic E-state index is 10.8. The van der Waals surface area contributed by atoms with Gasteiger partial charge in [-0.15, -0.1) is 0 Å². The number of Topliss-reactive ketones (excluding diaryl/α,β-unsaturated/α-hetero) is 1. The molecule has 56 valence electrons. The molecular formula is C8H12O2. The van der Waals surface area contributed by atoms with Gasteiger partial charge in [0.25, 0.3) is 0 Å². The van der Waals surface area contributed by atoms with Crippen LogP contribution in [0, 0.1) is 5.92 Å². The molecule has 0 saturated heterocycles. The fourth-order valence-electron chi connectivity index (χ4n) is 1.45. The van der Waals surface area contributed by atoms with Crippen LogP contribution >= 0.6 is 0 Å². The number of hydrogen-bond donors (Lipinski definition) is 0. The van der Waals surface area contributed by atoms with Crippen molar-refractivity contribution in [3.63, 3.8) is 0 Å². The molecule has 0 aromatic rings. The van der Waals surface area contributed by atoms with Crippen LogP contribution in [0.5, 0.6) is 0 Å². The van der Waals surface area contributed by atoms with Gasteiger partial charge in [0, 0.05) is 19.3 Å². The number of carbonyl (C=O) groups is 2. The van der Waals surface area contributed by atoms with E-state index in [1.165, 1.54) is 0 Å². The molecule has 0 unspecified atom stereocenters. The van der Waals surface area contributed by atoms with E-state index in [4.69, 9.17) is 0 Å². The molecule has 0 amide bonds. The van der Waals surface area contributed by atoms with E-state index in [2.05, 4.69) is 0 Å². The minimum absolute atomic E-state index is 0.332.